The molecule has 168 valence electrons. The molecule has 0 aliphatic heterocycles. The van der Waals surface area contributed by atoms with E-state index >= 15 is 0 Å². The average Bonchev–Trinajstić information content (AvgIpc) is 3.15. The molecule has 4 rings (SSSR count). The summed E-state index contributed by atoms with van der Waals surface area (Å²) in [5.41, 5.74) is 6.34. The highest BCUT2D eigenvalue weighted by Crippen LogP contribution is 2.26. The summed E-state index contributed by atoms with van der Waals surface area (Å²) in [6, 6.07) is 21.1. The molecule has 6 nitrogen and oxygen atoms in total. The number of nitrogens with zero attached hydrogens (tertiary/aromatic N) is 2. The number of rotatable bonds is 6. The topological polar surface area (TPSA) is 68.6 Å². The summed E-state index contributed by atoms with van der Waals surface area (Å²) >= 11 is 0. The van der Waals surface area contributed by atoms with Crippen LogP contribution in [0.4, 0.5) is 5.69 Å². The Bertz CT molecular complexity index is 1340. The van der Waals surface area contributed by atoms with E-state index in [4.69, 9.17) is 14.5 Å². The van der Waals surface area contributed by atoms with Gasteiger partial charge in [0.2, 0.25) is 0 Å². The van der Waals surface area contributed by atoms with Crippen LogP contribution in [0.3, 0.4) is 0 Å². The van der Waals surface area contributed by atoms with E-state index in [1.165, 1.54) is 4.68 Å². The lowest BCUT2D eigenvalue weighted by Gasteiger charge is -2.06. The van der Waals surface area contributed by atoms with Crippen LogP contribution in [-0.2, 0) is 0 Å². The smallest absolute Gasteiger partial charge is 0.280 e. The van der Waals surface area contributed by atoms with Gasteiger partial charge in [-0.25, -0.2) is 4.68 Å². The van der Waals surface area contributed by atoms with E-state index in [1.807, 2.05) is 81.4 Å². The van der Waals surface area contributed by atoms with Crippen molar-refractivity contribution in [3.8, 4) is 28.4 Å². The van der Waals surface area contributed by atoms with Gasteiger partial charge < -0.3 is 9.47 Å². The molecule has 0 aliphatic rings. The van der Waals surface area contributed by atoms with Crippen molar-refractivity contribution in [2.75, 3.05) is 14.2 Å². The van der Waals surface area contributed by atoms with Crippen molar-refractivity contribution in [3.63, 3.8) is 0 Å². The minimum absolute atomic E-state index is 0.170. The second-order valence-electron chi connectivity index (χ2n) is 7.97. The molecule has 1 heterocycles. The van der Waals surface area contributed by atoms with E-state index in [0.717, 1.165) is 33.9 Å². The normalized spacial score (nSPS) is 11.5. The van der Waals surface area contributed by atoms with E-state index in [0.29, 0.717) is 22.7 Å². The first-order chi connectivity index (χ1) is 15.9. The molecule has 0 aliphatic carbocycles. The van der Waals surface area contributed by atoms with Gasteiger partial charge in [-0.05, 0) is 92.6 Å². The fourth-order valence-electron chi connectivity index (χ4n) is 3.92. The van der Waals surface area contributed by atoms with Crippen LogP contribution in [0.2, 0.25) is 0 Å². The van der Waals surface area contributed by atoms with E-state index < -0.39 is 0 Å². The number of aliphatic imine (C=N–C) groups is 1. The van der Waals surface area contributed by atoms with Crippen LogP contribution < -0.4 is 15.0 Å². The maximum atomic E-state index is 13.6. The first-order valence-electron chi connectivity index (χ1n) is 10.7. The van der Waals surface area contributed by atoms with Gasteiger partial charge in [0.15, 0.2) is 0 Å². The van der Waals surface area contributed by atoms with Gasteiger partial charge >= 0.3 is 0 Å². The highest BCUT2D eigenvalue weighted by molar-refractivity contribution is 6.04. The van der Waals surface area contributed by atoms with E-state index in [2.05, 4.69) is 11.2 Å². The minimum atomic E-state index is -0.170. The highest BCUT2D eigenvalue weighted by Gasteiger charge is 2.19. The SMILES string of the molecule is COc1ccc(-c2[nH]n(-c3ccc(OC)cc3)c(=O)c2C(C)=Nc2cc(C)cc(C)c2)cc1. The molecule has 0 unspecified atom stereocenters. The standard InChI is InChI=1S/C27H27N3O3/c1-17-14-18(2)16-21(15-17)28-19(3)25-26(20-6-10-23(32-4)11-7-20)29-30(27(25)31)22-8-12-24(33-5)13-9-22/h6-16,29H,1-5H3. The number of benzene rings is 3. The lowest BCUT2D eigenvalue weighted by molar-refractivity contribution is 0.414. The summed E-state index contributed by atoms with van der Waals surface area (Å²) in [5, 5.41) is 3.29. The maximum Gasteiger partial charge on any atom is 0.280 e. The van der Waals surface area contributed by atoms with Gasteiger partial charge in [0.25, 0.3) is 5.56 Å². The van der Waals surface area contributed by atoms with Crippen molar-refractivity contribution in [2.24, 2.45) is 4.99 Å². The number of nitrogens with one attached hydrogen (secondary N) is 1. The van der Waals surface area contributed by atoms with Crippen molar-refractivity contribution < 1.29 is 9.47 Å². The molecule has 4 aromatic rings. The zero-order chi connectivity index (χ0) is 23.5. The Morgan fingerprint density at radius 1 is 0.848 bits per heavy atom. The number of hydrogen-bond donors (Lipinski definition) is 1. The third kappa shape index (κ3) is 4.60. The number of aromatic amines is 1. The third-order valence-electron chi connectivity index (χ3n) is 5.46. The molecule has 0 bridgehead atoms. The Morgan fingerprint density at radius 2 is 1.39 bits per heavy atom. The van der Waals surface area contributed by atoms with Crippen LogP contribution in [0.15, 0.2) is 76.5 Å². The Kier molecular flexibility index (Phi) is 6.18. The summed E-state index contributed by atoms with van der Waals surface area (Å²) in [7, 11) is 3.24. The lowest BCUT2D eigenvalue weighted by atomic mass is 10.0. The molecular weight excluding hydrogens is 414 g/mol. The number of ether oxygens (including phenoxy) is 2. The van der Waals surface area contributed by atoms with Crippen LogP contribution in [-0.4, -0.2) is 29.7 Å². The Labute approximate surface area is 193 Å². The van der Waals surface area contributed by atoms with Crippen molar-refractivity contribution in [2.45, 2.75) is 20.8 Å². The van der Waals surface area contributed by atoms with Crippen LogP contribution in [0.5, 0.6) is 11.5 Å². The fraction of sp³-hybridized carbons (Fsp3) is 0.185. The highest BCUT2D eigenvalue weighted by atomic mass is 16.5. The number of H-pyrrole nitrogens is 1. The van der Waals surface area contributed by atoms with Crippen molar-refractivity contribution in [1.29, 1.82) is 0 Å². The van der Waals surface area contributed by atoms with Gasteiger partial charge in [0.05, 0.1) is 42.6 Å². The number of aryl methyl sites for hydroxylation is 2. The quantitative estimate of drug-likeness (QED) is 0.396. The van der Waals surface area contributed by atoms with Gasteiger partial charge in [0, 0.05) is 5.56 Å². The van der Waals surface area contributed by atoms with Gasteiger partial charge in [-0.15, -0.1) is 0 Å². The molecule has 0 atom stereocenters. The molecule has 1 N–H and O–H groups in total. The Hall–Kier alpha value is -4.06. The molecule has 33 heavy (non-hydrogen) atoms. The molecule has 0 fully saturated rings. The predicted octanol–water partition coefficient (Wildman–Crippen LogP) is 5.61. The summed E-state index contributed by atoms with van der Waals surface area (Å²) in [6.45, 7) is 5.95. The second kappa shape index (κ2) is 9.20. The molecular formula is C27H27N3O3. The monoisotopic (exact) mass is 441 g/mol. The molecule has 0 radical (unpaired) electrons. The summed E-state index contributed by atoms with van der Waals surface area (Å²) in [4.78, 5) is 18.4. The van der Waals surface area contributed by atoms with Crippen LogP contribution in [0.25, 0.3) is 16.9 Å². The first-order valence-corrected chi connectivity index (χ1v) is 10.7. The fourth-order valence-corrected chi connectivity index (χ4v) is 3.92. The second-order valence-corrected chi connectivity index (χ2v) is 7.97. The molecule has 0 amide bonds. The molecule has 3 aromatic carbocycles. The van der Waals surface area contributed by atoms with Crippen LogP contribution in [0, 0.1) is 13.8 Å². The number of hydrogen-bond acceptors (Lipinski definition) is 4. The molecule has 0 spiro atoms. The lowest BCUT2D eigenvalue weighted by Crippen LogP contribution is -2.19. The largest absolute Gasteiger partial charge is 0.497 e. The Morgan fingerprint density at radius 3 is 1.94 bits per heavy atom. The van der Waals surface area contributed by atoms with Crippen molar-refractivity contribution >= 4 is 11.4 Å². The summed E-state index contributed by atoms with van der Waals surface area (Å²) < 4.78 is 12.1. The molecule has 0 saturated heterocycles. The van der Waals surface area contributed by atoms with Gasteiger partial charge in [-0.1, -0.05) is 6.07 Å². The summed E-state index contributed by atoms with van der Waals surface area (Å²) in [5.74, 6) is 1.47. The molecule has 1 aromatic heterocycles. The van der Waals surface area contributed by atoms with E-state index in [-0.39, 0.29) is 5.56 Å². The van der Waals surface area contributed by atoms with Gasteiger partial charge in [-0.2, -0.15) is 0 Å². The zero-order valence-corrected chi connectivity index (χ0v) is 19.5. The van der Waals surface area contributed by atoms with E-state index in [9.17, 15) is 4.79 Å². The Balaban J connectivity index is 1.89. The van der Waals surface area contributed by atoms with Crippen molar-refractivity contribution in [1.82, 2.24) is 9.78 Å². The van der Waals surface area contributed by atoms with Crippen LogP contribution >= 0.6 is 0 Å². The summed E-state index contributed by atoms with van der Waals surface area (Å²) in [6.07, 6.45) is 0. The number of aromatic nitrogens is 2. The van der Waals surface area contributed by atoms with Gasteiger partial charge in [0.1, 0.15) is 11.5 Å². The molecule has 0 saturated carbocycles. The number of methoxy groups -OCH3 is 2. The third-order valence-corrected chi connectivity index (χ3v) is 5.46. The predicted molar refractivity (Wildman–Crippen MR) is 133 cm³/mol. The average molecular weight is 442 g/mol. The van der Waals surface area contributed by atoms with E-state index in [1.54, 1.807) is 14.2 Å². The minimum Gasteiger partial charge on any atom is -0.497 e. The maximum absolute atomic E-state index is 13.6. The van der Waals surface area contributed by atoms with Crippen molar-refractivity contribution in [3.05, 3.63) is 93.8 Å². The van der Waals surface area contributed by atoms with Gasteiger partial charge in [-0.3, -0.25) is 14.9 Å². The zero-order valence-electron chi connectivity index (χ0n) is 19.5. The molecule has 6 heteroatoms. The first kappa shape index (κ1) is 22.1. The van der Waals surface area contributed by atoms with Crippen LogP contribution in [0.1, 0.15) is 23.6 Å².